The van der Waals surface area contributed by atoms with Crippen LogP contribution in [0.2, 0.25) is 0 Å². The molecule has 5 heteroatoms. The van der Waals surface area contributed by atoms with Crippen molar-refractivity contribution in [3.05, 3.63) is 27.3 Å². The smallest absolute Gasteiger partial charge is 0.152 e. The molecule has 1 unspecified atom stereocenters. The third-order valence-electron chi connectivity index (χ3n) is 2.53. The summed E-state index contributed by atoms with van der Waals surface area (Å²) in [6, 6.07) is 6.01. The Hall–Kier alpha value is -0.300. The van der Waals surface area contributed by atoms with E-state index < -0.39 is 9.84 Å². The van der Waals surface area contributed by atoms with Crippen LogP contribution >= 0.6 is 22.6 Å². The summed E-state index contributed by atoms with van der Waals surface area (Å²) >= 11 is 2.26. The first kappa shape index (κ1) is 14.8. The van der Waals surface area contributed by atoms with Gasteiger partial charge in [0.15, 0.2) is 9.84 Å². The van der Waals surface area contributed by atoms with E-state index >= 15 is 0 Å². The van der Waals surface area contributed by atoms with E-state index in [1.165, 1.54) is 3.57 Å². The molecule has 1 N–H and O–H groups in total. The Morgan fingerprint density at radius 3 is 2.59 bits per heavy atom. The second kappa shape index (κ2) is 6.04. The predicted molar refractivity (Wildman–Crippen MR) is 81.3 cm³/mol. The maximum atomic E-state index is 11.5. The lowest BCUT2D eigenvalue weighted by Crippen LogP contribution is -2.27. The van der Waals surface area contributed by atoms with Gasteiger partial charge in [-0.25, -0.2) is 8.42 Å². The monoisotopic (exact) mass is 367 g/mol. The van der Waals surface area contributed by atoms with Gasteiger partial charge in [0.05, 0.1) is 5.75 Å². The summed E-state index contributed by atoms with van der Waals surface area (Å²) in [5.74, 6) is 0.375. The van der Waals surface area contributed by atoms with Crippen LogP contribution in [0.4, 0.5) is 5.69 Å². The molecule has 0 amide bonds. The molecule has 0 saturated heterocycles. The third-order valence-corrected chi connectivity index (χ3v) is 5.09. The van der Waals surface area contributed by atoms with E-state index in [1.54, 1.807) is 6.92 Å². The molecule has 0 aliphatic carbocycles. The second-order valence-corrected chi connectivity index (χ2v) is 7.85. The molecular formula is C12H18INO2S. The molecule has 0 bridgehead atoms. The van der Waals surface area contributed by atoms with Crippen LogP contribution in [0.15, 0.2) is 18.2 Å². The number of benzene rings is 1. The Bertz CT molecular complexity index is 485. The molecule has 96 valence electrons. The van der Waals surface area contributed by atoms with Gasteiger partial charge in [-0.15, -0.1) is 0 Å². The number of hydrogen-bond donors (Lipinski definition) is 1. The molecular weight excluding hydrogens is 349 g/mol. The zero-order valence-electron chi connectivity index (χ0n) is 10.3. The molecule has 0 spiro atoms. The van der Waals surface area contributed by atoms with Crippen molar-refractivity contribution in [3.8, 4) is 0 Å². The lowest BCUT2D eigenvalue weighted by atomic mass is 10.2. The highest BCUT2D eigenvalue weighted by atomic mass is 127. The van der Waals surface area contributed by atoms with Gasteiger partial charge in [0.25, 0.3) is 0 Å². The fraction of sp³-hybridized carbons (Fsp3) is 0.500. The summed E-state index contributed by atoms with van der Waals surface area (Å²) in [7, 11) is -2.92. The first-order valence-electron chi connectivity index (χ1n) is 5.57. The molecule has 0 saturated carbocycles. The van der Waals surface area contributed by atoms with E-state index in [2.05, 4.69) is 34.0 Å². The maximum Gasteiger partial charge on any atom is 0.152 e. The van der Waals surface area contributed by atoms with Crippen molar-refractivity contribution in [1.29, 1.82) is 0 Å². The van der Waals surface area contributed by atoms with E-state index in [1.807, 2.05) is 26.0 Å². The Labute approximate surface area is 117 Å². The van der Waals surface area contributed by atoms with Crippen LogP contribution in [0, 0.1) is 10.5 Å². The van der Waals surface area contributed by atoms with E-state index in [0.717, 1.165) is 11.3 Å². The third kappa shape index (κ3) is 4.83. The van der Waals surface area contributed by atoms with Crippen molar-refractivity contribution in [2.24, 2.45) is 0 Å². The average molecular weight is 367 g/mol. The normalized spacial score (nSPS) is 13.4. The molecule has 0 heterocycles. The lowest BCUT2D eigenvalue weighted by molar-refractivity contribution is 0.593. The Balaban J connectivity index is 2.72. The van der Waals surface area contributed by atoms with Crippen LogP contribution in [-0.2, 0) is 9.84 Å². The number of nitrogens with one attached hydrogen (secondary N) is 1. The van der Waals surface area contributed by atoms with Gasteiger partial charge >= 0.3 is 0 Å². The van der Waals surface area contributed by atoms with Crippen molar-refractivity contribution in [2.75, 3.05) is 16.8 Å². The van der Waals surface area contributed by atoms with Crippen LogP contribution in [0.3, 0.4) is 0 Å². The van der Waals surface area contributed by atoms with Crippen molar-refractivity contribution in [3.63, 3.8) is 0 Å². The zero-order chi connectivity index (χ0) is 13.1. The minimum atomic E-state index is -2.92. The summed E-state index contributed by atoms with van der Waals surface area (Å²) in [6.45, 7) is 5.59. The summed E-state index contributed by atoms with van der Waals surface area (Å²) in [6.07, 6.45) is 0. The molecule has 1 aromatic rings. The number of hydrogen-bond acceptors (Lipinski definition) is 3. The zero-order valence-corrected chi connectivity index (χ0v) is 13.3. The van der Waals surface area contributed by atoms with Gasteiger partial charge < -0.3 is 5.32 Å². The second-order valence-electron chi connectivity index (χ2n) is 4.20. The summed E-state index contributed by atoms with van der Waals surface area (Å²) in [4.78, 5) is 0. The molecule has 3 nitrogen and oxygen atoms in total. The largest absolute Gasteiger partial charge is 0.381 e. The number of aryl methyl sites for hydroxylation is 1. The summed E-state index contributed by atoms with van der Waals surface area (Å²) in [5.41, 5.74) is 2.14. The van der Waals surface area contributed by atoms with E-state index in [0.29, 0.717) is 0 Å². The van der Waals surface area contributed by atoms with Crippen LogP contribution in [-0.4, -0.2) is 26.0 Å². The predicted octanol–water partition coefficient (Wildman–Crippen LogP) is 2.83. The van der Waals surface area contributed by atoms with Gasteiger partial charge in [0.1, 0.15) is 0 Å². The number of rotatable bonds is 5. The van der Waals surface area contributed by atoms with Crippen molar-refractivity contribution in [1.82, 2.24) is 0 Å². The quantitative estimate of drug-likeness (QED) is 0.815. The van der Waals surface area contributed by atoms with Gasteiger partial charge in [0.2, 0.25) is 0 Å². The Kier molecular flexibility index (Phi) is 5.24. The number of anilines is 1. The summed E-state index contributed by atoms with van der Waals surface area (Å²) < 4.78 is 24.2. The molecule has 1 atom stereocenters. The molecule has 0 radical (unpaired) electrons. The molecule has 17 heavy (non-hydrogen) atoms. The van der Waals surface area contributed by atoms with Crippen molar-refractivity contribution in [2.45, 2.75) is 26.8 Å². The van der Waals surface area contributed by atoms with Gasteiger partial charge in [0, 0.05) is 21.1 Å². The highest BCUT2D eigenvalue weighted by molar-refractivity contribution is 14.1. The maximum absolute atomic E-state index is 11.5. The average Bonchev–Trinajstić information content (AvgIpc) is 2.21. The number of sulfone groups is 1. The standard InChI is InChI=1S/C12H18INO2S/c1-4-17(15,16)8-10(3)14-12-6-5-11(13)7-9(12)2/h5-7,10,14H,4,8H2,1-3H3. The van der Waals surface area contributed by atoms with Crippen LogP contribution in [0.1, 0.15) is 19.4 Å². The highest BCUT2D eigenvalue weighted by Crippen LogP contribution is 2.18. The van der Waals surface area contributed by atoms with Gasteiger partial charge in [-0.1, -0.05) is 6.92 Å². The lowest BCUT2D eigenvalue weighted by Gasteiger charge is -2.17. The van der Waals surface area contributed by atoms with Crippen LogP contribution < -0.4 is 5.32 Å². The Morgan fingerprint density at radius 2 is 2.06 bits per heavy atom. The highest BCUT2D eigenvalue weighted by Gasteiger charge is 2.14. The van der Waals surface area contributed by atoms with Crippen LogP contribution in [0.25, 0.3) is 0 Å². The van der Waals surface area contributed by atoms with Gasteiger partial charge in [-0.2, -0.15) is 0 Å². The Morgan fingerprint density at radius 1 is 1.41 bits per heavy atom. The molecule has 0 aliphatic heterocycles. The van der Waals surface area contributed by atoms with E-state index in [9.17, 15) is 8.42 Å². The molecule has 1 aromatic carbocycles. The molecule has 0 fully saturated rings. The fourth-order valence-electron chi connectivity index (χ4n) is 1.59. The minimum Gasteiger partial charge on any atom is -0.381 e. The molecule has 0 aliphatic rings. The fourth-order valence-corrected chi connectivity index (χ4v) is 3.32. The van der Waals surface area contributed by atoms with Crippen molar-refractivity contribution >= 4 is 38.1 Å². The van der Waals surface area contributed by atoms with Gasteiger partial charge in [-0.05, 0) is 60.2 Å². The summed E-state index contributed by atoms with van der Waals surface area (Å²) in [5, 5.41) is 3.25. The van der Waals surface area contributed by atoms with E-state index in [4.69, 9.17) is 0 Å². The molecule has 1 rings (SSSR count). The topological polar surface area (TPSA) is 46.2 Å². The van der Waals surface area contributed by atoms with E-state index in [-0.39, 0.29) is 17.5 Å². The SMILES string of the molecule is CCS(=O)(=O)CC(C)Nc1ccc(I)cc1C. The molecule has 0 aromatic heterocycles. The van der Waals surface area contributed by atoms with Crippen molar-refractivity contribution < 1.29 is 8.42 Å². The number of halogens is 1. The minimum absolute atomic E-state index is 0.0706. The first-order valence-corrected chi connectivity index (χ1v) is 8.47. The first-order chi connectivity index (χ1) is 7.84. The van der Waals surface area contributed by atoms with Crippen LogP contribution in [0.5, 0.6) is 0 Å². The van der Waals surface area contributed by atoms with Gasteiger partial charge in [-0.3, -0.25) is 0 Å².